The fraction of sp³-hybridized carbons (Fsp3) is 0.944. The summed E-state index contributed by atoms with van der Waals surface area (Å²) in [6, 6.07) is 0.770. The van der Waals surface area contributed by atoms with Crippen molar-refractivity contribution in [1.82, 2.24) is 9.80 Å². The van der Waals surface area contributed by atoms with Crippen molar-refractivity contribution < 1.29 is 4.79 Å². The maximum absolute atomic E-state index is 12.3. The molecular formula is C18H32N2O. The molecule has 1 saturated carbocycles. The summed E-state index contributed by atoms with van der Waals surface area (Å²) < 4.78 is 0. The topological polar surface area (TPSA) is 23.6 Å². The molecule has 3 fully saturated rings. The smallest absolute Gasteiger partial charge is 0.137 e. The van der Waals surface area contributed by atoms with E-state index in [2.05, 4.69) is 23.6 Å². The number of carbonyl (C=O) groups is 1. The lowest BCUT2D eigenvalue weighted by atomic mass is 9.75. The van der Waals surface area contributed by atoms with Crippen LogP contribution in [0.15, 0.2) is 0 Å². The first-order valence-electron chi connectivity index (χ1n) is 9.12. The van der Waals surface area contributed by atoms with Gasteiger partial charge in [-0.1, -0.05) is 13.8 Å². The summed E-state index contributed by atoms with van der Waals surface area (Å²) in [6.45, 7) is 10.7. The summed E-state index contributed by atoms with van der Waals surface area (Å²) in [6.07, 6.45) is 7.18. The van der Waals surface area contributed by atoms with Crippen LogP contribution in [0.5, 0.6) is 0 Å². The van der Waals surface area contributed by atoms with Crippen LogP contribution in [0.3, 0.4) is 0 Å². The molecule has 3 nitrogen and oxygen atoms in total. The molecule has 3 rings (SSSR count). The van der Waals surface area contributed by atoms with Crippen LogP contribution in [0, 0.1) is 17.8 Å². The van der Waals surface area contributed by atoms with E-state index in [9.17, 15) is 4.79 Å². The van der Waals surface area contributed by atoms with Crippen LogP contribution in [0.1, 0.15) is 52.4 Å². The Morgan fingerprint density at radius 2 is 1.90 bits per heavy atom. The summed E-state index contributed by atoms with van der Waals surface area (Å²) in [7, 11) is 0. The number of nitrogens with zero attached hydrogens (tertiary/aromatic N) is 2. The molecular weight excluding hydrogens is 260 g/mol. The molecule has 3 heteroatoms. The Bertz CT molecular complexity index is 362. The summed E-state index contributed by atoms with van der Waals surface area (Å²) in [5, 5.41) is 0. The van der Waals surface area contributed by atoms with Gasteiger partial charge in [0.2, 0.25) is 0 Å². The van der Waals surface area contributed by atoms with Crippen LogP contribution >= 0.6 is 0 Å². The Morgan fingerprint density at radius 1 is 1.14 bits per heavy atom. The number of ketones is 1. The van der Waals surface area contributed by atoms with Gasteiger partial charge in [0.1, 0.15) is 5.78 Å². The fourth-order valence-electron chi connectivity index (χ4n) is 4.62. The molecule has 2 heterocycles. The number of Topliss-reactive ketones (excluding diaryl/α,β-unsaturated/α-hetero) is 1. The monoisotopic (exact) mass is 292 g/mol. The number of hydrogen-bond acceptors (Lipinski definition) is 3. The van der Waals surface area contributed by atoms with Crippen LogP contribution in [0.2, 0.25) is 0 Å². The van der Waals surface area contributed by atoms with Crippen LogP contribution in [0.25, 0.3) is 0 Å². The molecule has 0 spiro atoms. The molecule has 3 atom stereocenters. The highest BCUT2D eigenvalue weighted by molar-refractivity contribution is 5.82. The Labute approximate surface area is 130 Å². The van der Waals surface area contributed by atoms with Gasteiger partial charge < -0.3 is 4.90 Å². The standard InChI is InChI=1S/C18H32N2O/c1-14(2)15-5-6-18(21)16(11-15)12-19-10-7-17(13-19)20-8-3-4-9-20/h14-17H,3-13H2,1-2H3. The predicted octanol–water partition coefficient (Wildman–Crippen LogP) is 2.80. The van der Waals surface area contributed by atoms with E-state index in [-0.39, 0.29) is 0 Å². The Morgan fingerprint density at radius 3 is 2.62 bits per heavy atom. The van der Waals surface area contributed by atoms with E-state index in [1.165, 1.54) is 45.4 Å². The lowest BCUT2D eigenvalue weighted by Gasteiger charge is -2.33. The molecule has 1 aliphatic carbocycles. The molecule has 0 aromatic heterocycles. The van der Waals surface area contributed by atoms with Crippen molar-refractivity contribution in [3.8, 4) is 0 Å². The van der Waals surface area contributed by atoms with Crippen LogP contribution in [0.4, 0.5) is 0 Å². The fourth-order valence-corrected chi connectivity index (χ4v) is 4.62. The van der Waals surface area contributed by atoms with Gasteiger partial charge in [-0.3, -0.25) is 9.69 Å². The van der Waals surface area contributed by atoms with Gasteiger partial charge in [0.05, 0.1) is 0 Å². The van der Waals surface area contributed by atoms with Crippen LogP contribution in [-0.2, 0) is 4.79 Å². The van der Waals surface area contributed by atoms with Crippen molar-refractivity contribution in [2.75, 3.05) is 32.7 Å². The van der Waals surface area contributed by atoms with E-state index in [4.69, 9.17) is 0 Å². The highest BCUT2D eigenvalue weighted by Crippen LogP contribution is 2.33. The lowest BCUT2D eigenvalue weighted by molar-refractivity contribution is -0.126. The number of likely N-dealkylation sites (tertiary alicyclic amines) is 2. The van der Waals surface area contributed by atoms with Crippen molar-refractivity contribution in [3.05, 3.63) is 0 Å². The molecule has 0 bridgehead atoms. The van der Waals surface area contributed by atoms with E-state index in [0.29, 0.717) is 11.7 Å². The average molecular weight is 292 g/mol. The molecule has 0 aromatic carbocycles. The second-order valence-electron chi connectivity index (χ2n) is 7.89. The Hall–Kier alpha value is -0.410. The Kier molecular flexibility index (Phi) is 5.00. The molecule has 3 aliphatic rings. The quantitative estimate of drug-likeness (QED) is 0.796. The van der Waals surface area contributed by atoms with Gasteiger partial charge in [-0.2, -0.15) is 0 Å². The van der Waals surface area contributed by atoms with E-state index in [0.717, 1.165) is 43.7 Å². The van der Waals surface area contributed by atoms with Gasteiger partial charge in [0, 0.05) is 31.5 Å². The predicted molar refractivity (Wildman–Crippen MR) is 86.3 cm³/mol. The minimum absolute atomic E-state index is 0.323. The summed E-state index contributed by atoms with van der Waals surface area (Å²) in [5.74, 6) is 2.36. The third-order valence-corrected chi connectivity index (χ3v) is 6.13. The number of hydrogen-bond donors (Lipinski definition) is 0. The third-order valence-electron chi connectivity index (χ3n) is 6.13. The van der Waals surface area contributed by atoms with Gasteiger partial charge in [0.25, 0.3) is 0 Å². The average Bonchev–Trinajstić information content (AvgIpc) is 3.11. The van der Waals surface area contributed by atoms with Gasteiger partial charge in [-0.25, -0.2) is 0 Å². The lowest BCUT2D eigenvalue weighted by Crippen LogP contribution is -2.39. The minimum atomic E-state index is 0.323. The normalized spacial score (nSPS) is 36.0. The zero-order chi connectivity index (χ0) is 14.8. The Balaban J connectivity index is 1.50. The van der Waals surface area contributed by atoms with E-state index in [1.54, 1.807) is 0 Å². The number of rotatable bonds is 4. The minimum Gasteiger partial charge on any atom is -0.301 e. The van der Waals surface area contributed by atoms with Crippen molar-refractivity contribution in [3.63, 3.8) is 0 Å². The van der Waals surface area contributed by atoms with Crippen molar-refractivity contribution in [1.29, 1.82) is 0 Å². The molecule has 0 amide bonds. The van der Waals surface area contributed by atoms with Crippen molar-refractivity contribution >= 4 is 5.78 Å². The van der Waals surface area contributed by atoms with Crippen LogP contribution < -0.4 is 0 Å². The zero-order valence-electron chi connectivity index (χ0n) is 13.9. The first-order valence-corrected chi connectivity index (χ1v) is 9.12. The molecule has 0 aromatic rings. The summed E-state index contributed by atoms with van der Waals surface area (Å²) in [4.78, 5) is 17.5. The highest BCUT2D eigenvalue weighted by atomic mass is 16.1. The van der Waals surface area contributed by atoms with Gasteiger partial charge in [-0.15, -0.1) is 0 Å². The van der Waals surface area contributed by atoms with Gasteiger partial charge in [0.15, 0.2) is 0 Å². The summed E-state index contributed by atoms with van der Waals surface area (Å²) in [5.41, 5.74) is 0. The van der Waals surface area contributed by atoms with Gasteiger partial charge in [-0.05, 0) is 63.6 Å². The van der Waals surface area contributed by atoms with E-state index < -0.39 is 0 Å². The maximum atomic E-state index is 12.3. The second-order valence-corrected chi connectivity index (χ2v) is 7.89. The molecule has 21 heavy (non-hydrogen) atoms. The van der Waals surface area contributed by atoms with E-state index >= 15 is 0 Å². The number of carbonyl (C=O) groups excluding carboxylic acids is 1. The molecule has 3 unspecified atom stereocenters. The SMILES string of the molecule is CC(C)C1CCC(=O)C(CN2CCC(N3CCCC3)C2)C1. The van der Waals surface area contributed by atoms with E-state index in [1.807, 2.05) is 0 Å². The van der Waals surface area contributed by atoms with Gasteiger partial charge >= 0.3 is 0 Å². The molecule has 0 radical (unpaired) electrons. The first-order chi connectivity index (χ1) is 10.1. The molecule has 0 N–H and O–H groups in total. The molecule has 2 saturated heterocycles. The van der Waals surface area contributed by atoms with Crippen LogP contribution in [-0.4, -0.2) is 54.3 Å². The largest absolute Gasteiger partial charge is 0.301 e. The maximum Gasteiger partial charge on any atom is 0.137 e. The highest BCUT2D eigenvalue weighted by Gasteiger charge is 2.34. The van der Waals surface area contributed by atoms with Crippen molar-refractivity contribution in [2.45, 2.75) is 58.4 Å². The molecule has 2 aliphatic heterocycles. The van der Waals surface area contributed by atoms with Crippen molar-refractivity contribution in [2.24, 2.45) is 17.8 Å². The second kappa shape index (κ2) is 6.78. The first kappa shape index (κ1) is 15.5. The summed E-state index contributed by atoms with van der Waals surface area (Å²) >= 11 is 0. The molecule has 120 valence electrons. The zero-order valence-corrected chi connectivity index (χ0v) is 13.9. The third kappa shape index (κ3) is 3.68.